The summed E-state index contributed by atoms with van der Waals surface area (Å²) in [7, 11) is 0. The van der Waals surface area contributed by atoms with Crippen molar-refractivity contribution in [2.45, 2.75) is 333 Å². The minimum Gasteiger partial charge on any atom is -0.481 e. The van der Waals surface area contributed by atoms with E-state index >= 15 is 0 Å². The molecule has 2 fully saturated rings. The SMILES string of the molecule is O=COCCCCCCCCCCC(=O)NCC1CCC(CCCCCC(=O)N[C@H](CCCCCCONC(CCCCCON(O)C(=O)O)[C@H](CCC(=O)O)NC(=O)CCCCCC2CCC(CNC(=O)CCCCCCCCCCOC=O)CC2)CCC(=O)O)CC1. The molecule has 9 N–H and O–H groups in total. The van der Waals surface area contributed by atoms with E-state index in [1.807, 2.05) is 0 Å². The number of carboxylic acid groups (broad SMARTS) is 3. The first-order valence-electron chi connectivity index (χ1n) is 37.1. The molecule has 1 unspecified atom stereocenters. The van der Waals surface area contributed by atoms with Crippen molar-refractivity contribution in [3.8, 4) is 0 Å². The van der Waals surface area contributed by atoms with E-state index in [0.717, 1.165) is 193 Å². The summed E-state index contributed by atoms with van der Waals surface area (Å²) in [5.41, 5.74) is 3.13. The maximum atomic E-state index is 13.4. The molecule has 23 nitrogen and oxygen atoms in total. The summed E-state index contributed by atoms with van der Waals surface area (Å²) >= 11 is 0. The highest BCUT2D eigenvalue weighted by molar-refractivity contribution is 5.77. The van der Waals surface area contributed by atoms with Gasteiger partial charge in [-0.15, -0.1) is 0 Å². The van der Waals surface area contributed by atoms with E-state index in [1.165, 1.54) is 38.5 Å². The van der Waals surface area contributed by atoms with Crippen molar-refractivity contribution in [2.75, 3.05) is 39.5 Å². The molecule has 544 valence electrons. The van der Waals surface area contributed by atoms with Crippen LogP contribution in [0.2, 0.25) is 0 Å². The summed E-state index contributed by atoms with van der Waals surface area (Å²) in [5.74, 6) is 0.597. The van der Waals surface area contributed by atoms with Gasteiger partial charge in [-0.3, -0.25) is 43.6 Å². The number of nitrogens with zero attached hydrogens (tertiary/aromatic N) is 1. The van der Waals surface area contributed by atoms with E-state index in [1.54, 1.807) is 0 Å². The number of hydroxylamine groups is 3. The summed E-state index contributed by atoms with van der Waals surface area (Å²) in [4.78, 5) is 117. The Kier molecular flexibility index (Phi) is 53.5. The van der Waals surface area contributed by atoms with Gasteiger partial charge >= 0.3 is 18.0 Å². The van der Waals surface area contributed by atoms with E-state index in [4.69, 9.17) is 24.3 Å². The summed E-state index contributed by atoms with van der Waals surface area (Å²) in [6.07, 6.45) is 40.7. The van der Waals surface area contributed by atoms with Crippen LogP contribution < -0.4 is 26.7 Å². The van der Waals surface area contributed by atoms with Crippen molar-refractivity contribution in [2.24, 2.45) is 23.7 Å². The van der Waals surface area contributed by atoms with Crippen LogP contribution >= 0.6 is 0 Å². The maximum Gasteiger partial charge on any atom is 0.457 e. The van der Waals surface area contributed by atoms with Gasteiger partial charge in [0.15, 0.2) is 0 Å². The van der Waals surface area contributed by atoms with E-state index < -0.39 is 30.1 Å². The third kappa shape index (κ3) is 50.3. The maximum absolute atomic E-state index is 13.4. The molecule has 2 rings (SSSR count). The highest BCUT2D eigenvalue weighted by Gasteiger charge is 2.26. The number of unbranched alkanes of at least 4 members (excludes halogenated alkanes) is 23. The van der Waals surface area contributed by atoms with Crippen LogP contribution in [0.3, 0.4) is 0 Å². The lowest BCUT2D eigenvalue weighted by Crippen LogP contribution is -2.50. The van der Waals surface area contributed by atoms with Gasteiger partial charge < -0.3 is 50.9 Å². The molecule has 0 saturated heterocycles. The van der Waals surface area contributed by atoms with Gasteiger partial charge in [-0.25, -0.2) is 9.63 Å². The fraction of sp³-hybridized carbons (Fsp3) is 0.873. The van der Waals surface area contributed by atoms with Crippen molar-refractivity contribution in [3.05, 3.63) is 0 Å². The second kappa shape index (κ2) is 59.2. The van der Waals surface area contributed by atoms with Crippen LogP contribution in [-0.4, -0.2) is 138 Å². The molecule has 5 amide bonds. The summed E-state index contributed by atoms with van der Waals surface area (Å²) < 4.78 is 9.45. The first-order chi connectivity index (χ1) is 45.7. The molecular weight excluding hydrogens is 1210 g/mol. The van der Waals surface area contributed by atoms with Crippen molar-refractivity contribution >= 4 is 54.6 Å². The number of aliphatic carboxylic acids is 2. The first-order valence-corrected chi connectivity index (χ1v) is 37.1. The zero-order valence-electron chi connectivity index (χ0n) is 57.6. The number of nitrogens with one attached hydrogen (secondary N) is 5. The predicted molar refractivity (Wildman–Crippen MR) is 360 cm³/mol. The Morgan fingerprint density at radius 2 is 0.755 bits per heavy atom. The largest absolute Gasteiger partial charge is 0.481 e. The zero-order chi connectivity index (χ0) is 68.3. The predicted octanol–water partition coefficient (Wildman–Crippen LogP) is 13.5. The molecule has 0 aromatic rings. The quantitative estimate of drug-likeness (QED) is 0.0118. The van der Waals surface area contributed by atoms with Crippen LogP contribution in [0.4, 0.5) is 4.79 Å². The number of hydrogen-bond donors (Lipinski definition) is 9. The van der Waals surface area contributed by atoms with Crippen LogP contribution in [0.5, 0.6) is 0 Å². The normalized spacial score (nSPS) is 17.2. The van der Waals surface area contributed by atoms with Gasteiger partial charge in [0.2, 0.25) is 23.6 Å². The lowest BCUT2D eigenvalue weighted by atomic mass is 9.79. The minimum atomic E-state index is -1.63. The van der Waals surface area contributed by atoms with Crippen LogP contribution in [-0.2, 0) is 57.5 Å². The number of carbonyl (C=O) groups is 9. The van der Waals surface area contributed by atoms with Crippen molar-refractivity contribution in [1.82, 2.24) is 32.0 Å². The topological polar surface area (TPSA) is 335 Å². The monoisotopic (exact) mass is 1340 g/mol. The minimum absolute atomic E-state index is 0.0285. The molecule has 0 radical (unpaired) electrons. The molecule has 23 heteroatoms. The van der Waals surface area contributed by atoms with Gasteiger partial charge in [-0.05, 0) is 126 Å². The summed E-state index contributed by atoms with van der Waals surface area (Å²) in [5, 5.41) is 49.6. The molecule has 2 saturated carbocycles. The van der Waals surface area contributed by atoms with E-state index in [2.05, 4.69) is 26.7 Å². The lowest BCUT2D eigenvalue weighted by Gasteiger charge is -2.29. The molecule has 3 atom stereocenters. The van der Waals surface area contributed by atoms with Crippen LogP contribution in [0.15, 0.2) is 0 Å². The fourth-order valence-corrected chi connectivity index (χ4v) is 13.2. The van der Waals surface area contributed by atoms with Crippen molar-refractivity contribution < 1.29 is 82.8 Å². The number of rotatable bonds is 65. The number of carboxylic acids is 2. The number of amides is 5. The van der Waals surface area contributed by atoms with Crippen LogP contribution in [0, 0.1) is 23.7 Å². The Labute approximate surface area is 563 Å². The Bertz CT molecular complexity index is 1970. The Balaban J connectivity index is 1.68. The molecule has 2 aliphatic carbocycles. The van der Waals surface area contributed by atoms with E-state index in [0.29, 0.717) is 133 Å². The van der Waals surface area contributed by atoms with Gasteiger partial charge in [0.1, 0.15) is 0 Å². The Morgan fingerprint density at radius 3 is 1.22 bits per heavy atom. The third-order valence-corrected chi connectivity index (χ3v) is 19.0. The number of carbonyl (C=O) groups excluding carboxylic acids is 6. The molecule has 0 heterocycles. The Hall–Kier alpha value is -5.13. The lowest BCUT2D eigenvalue weighted by molar-refractivity contribution is -0.304. The average molecular weight is 1340 g/mol. The first kappa shape index (κ1) is 85.0. The average Bonchev–Trinajstić information content (AvgIpc) is 3.50. The smallest absolute Gasteiger partial charge is 0.457 e. The standard InChI is InChI=1S/C71H128N6O17/c78-56-91-50-26-12-7-3-1-5-9-22-34-65(80)72-54-60-42-38-58(39-43-60)30-18-15-24-36-67(82)74-62(46-48-69(84)85)32-20-11-14-28-52-93-76-64(33-21-17-29-53-94-77(90)71(88)89)63(47-49-70(86)87)75-68(83)37-25-16-19-31-59-40-44-61(45-41-59)55-73-66(81)35-23-10-6-2-4-8-13-27-51-92-57-79/h56-64,76,90H,1-55H2,(H,72,80)(H,73,81)(H,74,82)(H,75,83)(H,84,85)(H,86,87)(H,88,89)/t58?,59?,60?,61?,62-,63+,64?/m1/s1. The highest BCUT2D eigenvalue weighted by atomic mass is 16.9. The fourth-order valence-electron chi connectivity index (χ4n) is 13.2. The molecule has 0 spiro atoms. The molecular formula is C71H128N6O17. The van der Waals surface area contributed by atoms with Gasteiger partial charge in [0.25, 0.3) is 12.9 Å². The molecule has 0 aromatic carbocycles. The van der Waals surface area contributed by atoms with Crippen LogP contribution in [0.1, 0.15) is 315 Å². The number of ether oxygens (including phenoxy) is 2. The Morgan fingerprint density at radius 1 is 0.383 bits per heavy atom. The van der Waals surface area contributed by atoms with Gasteiger partial charge in [0.05, 0.1) is 32.5 Å². The summed E-state index contributed by atoms with van der Waals surface area (Å²) in [6.45, 7) is 3.83. The number of hydrogen-bond acceptors (Lipinski definition) is 15. The van der Waals surface area contributed by atoms with Gasteiger partial charge in [0, 0.05) is 63.7 Å². The van der Waals surface area contributed by atoms with E-state index in [9.17, 15) is 58.6 Å². The van der Waals surface area contributed by atoms with E-state index in [-0.39, 0.29) is 60.8 Å². The van der Waals surface area contributed by atoms with Crippen LogP contribution in [0.25, 0.3) is 0 Å². The molecule has 0 bridgehead atoms. The van der Waals surface area contributed by atoms with Gasteiger partial charge in [-0.1, -0.05) is 179 Å². The second-order valence-electron chi connectivity index (χ2n) is 27.0. The molecule has 2 aliphatic rings. The van der Waals surface area contributed by atoms with Crippen molar-refractivity contribution in [3.63, 3.8) is 0 Å². The van der Waals surface area contributed by atoms with Gasteiger partial charge in [-0.2, -0.15) is 5.48 Å². The summed E-state index contributed by atoms with van der Waals surface area (Å²) in [6, 6.07) is -1.21. The van der Waals surface area contributed by atoms with Crippen molar-refractivity contribution in [1.29, 1.82) is 0 Å². The third-order valence-electron chi connectivity index (χ3n) is 19.0. The highest BCUT2D eigenvalue weighted by Crippen LogP contribution is 2.33. The zero-order valence-corrected chi connectivity index (χ0v) is 57.6. The molecule has 94 heavy (non-hydrogen) atoms. The molecule has 0 aromatic heterocycles. The molecule has 0 aliphatic heterocycles. The second-order valence-corrected chi connectivity index (χ2v) is 27.0.